The molecule has 20 heavy (non-hydrogen) atoms. The number of tetrazole rings is 1. The fourth-order valence-corrected chi connectivity index (χ4v) is 2.55. The molecule has 0 fully saturated rings. The van der Waals surface area contributed by atoms with Gasteiger partial charge in [-0.15, -0.1) is 16.4 Å². The van der Waals surface area contributed by atoms with E-state index >= 15 is 0 Å². The van der Waals surface area contributed by atoms with Gasteiger partial charge < -0.3 is 5.32 Å². The molecule has 2 aromatic heterocycles. The molecule has 3 rings (SSSR count). The average molecular weight is 288 g/mol. The van der Waals surface area contributed by atoms with Gasteiger partial charge in [-0.25, -0.2) is 4.98 Å². The smallest absolute Gasteiger partial charge is 0.170 e. The summed E-state index contributed by atoms with van der Waals surface area (Å²) in [6.07, 6.45) is 0. The van der Waals surface area contributed by atoms with Crippen molar-refractivity contribution in [3.8, 4) is 5.69 Å². The summed E-state index contributed by atoms with van der Waals surface area (Å²) < 4.78 is 2.89. The van der Waals surface area contributed by atoms with E-state index < -0.39 is 0 Å². The zero-order valence-corrected chi connectivity index (χ0v) is 12.5. The molecule has 7 heteroatoms. The molecule has 0 unspecified atom stereocenters. The monoisotopic (exact) mass is 288 g/mol. The van der Waals surface area contributed by atoms with Gasteiger partial charge in [-0.05, 0) is 49.4 Å². The van der Waals surface area contributed by atoms with Crippen molar-refractivity contribution >= 4 is 21.6 Å². The summed E-state index contributed by atoms with van der Waals surface area (Å²) in [5, 5.41) is 15.3. The molecule has 0 aliphatic carbocycles. The number of aromatic nitrogens is 5. The third-order valence-electron chi connectivity index (χ3n) is 2.87. The van der Waals surface area contributed by atoms with Crippen molar-refractivity contribution in [2.24, 2.45) is 0 Å². The van der Waals surface area contributed by atoms with Crippen molar-refractivity contribution < 1.29 is 0 Å². The van der Waals surface area contributed by atoms with Gasteiger partial charge in [0.05, 0.1) is 28.0 Å². The van der Waals surface area contributed by atoms with Gasteiger partial charge in [0, 0.05) is 5.54 Å². The van der Waals surface area contributed by atoms with Crippen molar-refractivity contribution in [2.45, 2.75) is 32.9 Å². The Balaban J connectivity index is 1.92. The number of hydrogen-bond donors (Lipinski definition) is 1. The first-order valence-electron chi connectivity index (χ1n) is 6.39. The number of rotatable bonds is 3. The number of nitrogens with zero attached hydrogens (tertiary/aromatic N) is 5. The number of nitrogens with one attached hydrogen (secondary N) is 1. The maximum Gasteiger partial charge on any atom is 0.170 e. The molecule has 0 aliphatic heterocycles. The van der Waals surface area contributed by atoms with Gasteiger partial charge in [0.15, 0.2) is 5.82 Å². The Labute approximate surface area is 120 Å². The Morgan fingerprint density at radius 1 is 1.30 bits per heavy atom. The topological polar surface area (TPSA) is 68.5 Å². The quantitative estimate of drug-likeness (QED) is 0.800. The summed E-state index contributed by atoms with van der Waals surface area (Å²) in [6, 6.07) is 6.03. The summed E-state index contributed by atoms with van der Waals surface area (Å²) in [5.41, 5.74) is 3.83. The van der Waals surface area contributed by atoms with Crippen molar-refractivity contribution in [1.82, 2.24) is 30.5 Å². The standard InChI is InChI=1S/C13H16N6S/c1-13(2,3)15-7-12-16-17-18-19(12)9-4-5-10-11(6-9)20-8-14-10/h4-6,8,15H,7H2,1-3H3. The highest BCUT2D eigenvalue weighted by Crippen LogP contribution is 2.21. The molecule has 2 heterocycles. The molecular weight excluding hydrogens is 272 g/mol. The normalized spacial score (nSPS) is 12.2. The number of benzene rings is 1. The molecular formula is C13H16N6S. The Bertz CT molecular complexity index is 724. The lowest BCUT2D eigenvalue weighted by Gasteiger charge is -2.19. The van der Waals surface area contributed by atoms with E-state index in [-0.39, 0.29) is 5.54 Å². The van der Waals surface area contributed by atoms with Crippen LogP contribution in [0.25, 0.3) is 15.9 Å². The molecule has 104 valence electrons. The van der Waals surface area contributed by atoms with Crippen molar-refractivity contribution in [3.05, 3.63) is 29.5 Å². The van der Waals surface area contributed by atoms with Crippen LogP contribution < -0.4 is 5.32 Å². The molecule has 0 amide bonds. The van der Waals surface area contributed by atoms with Crippen LogP contribution in [0.3, 0.4) is 0 Å². The van der Waals surface area contributed by atoms with Crippen molar-refractivity contribution in [3.63, 3.8) is 0 Å². The number of fused-ring (bicyclic) bond motifs is 1. The van der Waals surface area contributed by atoms with Crippen LogP contribution >= 0.6 is 11.3 Å². The van der Waals surface area contributed by atoms with Gasteiger partial charge in [-0.2, -0.15) is 4.68 Å². The molecule has 1 N–H and O–H groups in total. The van der Waals surface area contributed by atoms with Crippen molar-refractivity contribution in [2.75, 3.05) is 0 Å². The SMILES string of the molecule is CC(C)(C)NCc1nnnn1-c1ccc2ncsc2c1. The molecule has 1 aromatic carbocycles. The predicted octanol–water partition coefficient (Wildman–Crippen LogP) is 2.16. The Hall–Kier alpha value is -1.86. The first kappa shape index (κ1) is 13.1. The first-order chi connectivity index (χ1) is 9.53. The number of hydrogen-bond acceptors (Lipinski definition) is 6. The van der Waals surface area contributed by atoms with Crippen LogP contribution in [-0.2, 0) is 6.54 Å². The molecule has 0 bridgehead atoms. The third kappa shape index (κ3) is 2.68. The van der Waals surface area contributed by atoms with Gasteiger partial charge in [-0.3, -0.25) is 0 Å². The van der Waals surface area contributed by atoms with Crippen LogP contribution in [0.4, 0.5) is 0 Å². The highest BCUT2D eigenvalue weighted by molar-refractivity contribution is 7.16. The molecule has 0 spiro atoms. The minimum Gasteiger partial charge on any atom is -0.305 e. The summed E-state index contributed by atoms with van der Waals surface area (Å²) in [7, 11) is 0. The third-order valence-corrected chi connectivity index (χ3v) is 3.66. The lowest BCUT2D eigenvalue weighted by atomic mass is 10.1. The van der Waals surface area contributed by atoms with Crippen LogP contribution in [0.15, 0.2) is 23.7 Å². The van der Waals surface area contributed by atoms with E-state index in [9.17, 15) is 0 Å². The van der Waals surface area contributed by atoms with E-state index in [1.165, 1.54) is 0 Å². The van der Waals surface area contributed by atoms with Gasteiger partial charge >= 0.3 is 0 Å². The van der Waals surface area contributed by atoms with E-state index in [4.69, 9.17) is 0 Å². The fourth-order valence-electron chi connectivity index (χ4n) is 1.84. The molecule has 0 radical (unpaired) electrons. The minimum atomic E-state index is 0.0262. The van der Waals surface area contributed by atoms with Crippen LogP contribution in [0.1, 0.15) is 26.6 Å². The molecule has 0 saturated heterocycles. The second-order valence-electron chi connectivity index (χ2n) is 5.61. The molecule has 0 atom stereocenters. The molecule has 0 saturated carbocycles. The lowest BCUT2D eigenvalue weighted by Crippen LogP contribution is -2.35. The highest BCUT2D eigenvalue weighted by atomic mass is 32.1. The van der Waals surface area contributed by atoms with Gasteiger partial charge in [0.25, 0.3) is 0 Å². The lowest BCUT2D eigenvalue weighted by molar-refractivity contribution is 0.415. The van der Waals surface area contributed by atoms with E-state index in [0.717, 1.165) is 21.7 Å². The second kappa shape index (κ2) is 4.92. The maximum absolute atomic E-state index is 4.28. The van der Waals surface area contributed by atoms with E-state index in [1.807, 2.05) is 17.6 Å². The zero-order chi connectivity index (χ0) is 14.2. The number of thiazole rings is 1. The van der Waals surface area contributed by atoms with Gasteiger partial charge in [0.2, 0.25) is 0 Å². The Morgan fingerprint density at radius 3 is 2.95 bits per heavy atom. The van der Waals surface area contributed by atoms with Gasteiger partial charge in [0.1, 0.15) is 0 Å². The van der Waals surface area contributed by atoms with Crippen LogP contribution in [0.2, 0.25) is 0 Å². The summed E-state index contributed by atoms with van der Waals surface area (Å²) in [4.78, 5) is 4.28. The van der Waals surface area contributed by atoms with E-state index in [2.05, 4.69) is 52.7 Å². The highest BCUT2D eigenvalue weighted by Gasteiger charge is 2.13. The average Bonchev–Trinajstić information content (AvgIpc) is 3.03. The summed E-state index contributed by atoms with van der Waals surface area (Å²) >= 11 is 1.61. The van der Waals surface area contributed by atoms with Crippen LogP contribution in [0.5, 0.6) is 0 Å². The van der Waals surface area contributed by atoms with Gasteiger partial charge in [-0.1, -0.05) is 0 Å². The fraction of sp³-hybridized carbons (Fsp3) is 0.385. The van der Waals surface area contributed by atoms with E-state index in [0.29, 0.717) is 6.54 Å². The first-order valence-corrected chi connectivity index (χ1v) is 7.27. The maximum atomic E-state index is 4.28. The predicted molar refractivity (Wildman–Crippen MR) is 78.9 cm³/mol. The van der Waals surface area contributed by atoms with Crippen LogP contribution in [0, 0.1) is 0 Å². The largest absolute Gasteiger partial charge is 0.305 e. The van der Waals surface area contributed by atoms with Crippen molar-refractivity contribution in [1.29, 1.82) is 0 Å². The Kier molecular flexibility index (Phi) is 3.23. The Morgan fingerprint density at radius 2 is 2.15 bits per heavy atom. The summed E-state index contributed by atoms with van der Waals surface area (Å²) in [6.45, 7) is 6.97. The molecule has 3 aromatic rings. The van der Waals surface area contributed by atoms with Crippen LogP contribution in [-0.4, -0.2) is 30.7 Å². The summed E-state index contributed by atoms with van der Waals surface area (Å²) in [5.74, 6) is 0.795. The molecule has 6 nitrogen and oxygen atoms in total. The zero-order valence-electron chi connectivity index (χ0n) is 11.7. The minimum absolute atomic E-state index is 0.0262. The second-order valence-corrected chi connectivity index (χ2v) is 6.50. The van der Waals surface area contributed by atoms with E-state index in [1.54, 1.807) is 16.0 Å². The molecule has 0 aliphatic rings.